The number of hydrogen-bond donors (Lipinski definition) is 3. The lowest BCUT2D eigenvalue weighted by Crippen LogP contribution is -2.26. The SMILES string of the molecule is Nc1ccc(-c2cccs2)cc1NC(=O)c1ccc(N2CCC(Nc3cccnc3)C2)cc1. The number of nitrogens with zero attached hydrogens (tertiary/aromatic N) is 2. The van der Waals surface area contributed by atoms with Gasteiger partial charge >= 0.3 is 0 Å². The van der Waals surface area contributed by atoms with Gasteiger partial charge in [-0.25, -0.2) is 0 Å². The van der Waals surface area contributed by atoms with Crippen molar-refractivity contribution in [3.8, 4) is 10.4 Å². The molecule has 6 nitrogen and oxygen atoms in total. The minimum absolute atomic E-state index is 0.172. The molecule has 3 heterocycles. The van der Waals surface area contributed by atoms with Gasteiger partial charge in [0.1, 0.15) is 0 Å². The molecule has 33 heavy (non-hydrogen) atoms. The van der Waals surface area contributed by atoms with Gasteiger partial charge in [0.05, 0.1) is 17.1 Å². The van der Waals surface area contributed by atoms with E-state index in [4.69, 9.17) is 5.73 Å². The number of aromatic nitrogens is 1. The first-order valence-electron chi connectivity index (χ1n) is 10.9. The quantitative estimate of drug-likeness (QED) is 0.342. The summed E-state index contributed by atoms with van der Waals surface area (Å²) in [7, 11) is 0. The molecule has 1 fully saturated rings. The first kappa shape index (κ1) is 21.0. The number of thiophene rings is 1. The molecule has 0 aliphatic carbocycles. The molecule has 4 N–H and O–H groups in total. The second-order valence-electron chi connectivity index (χ2n) is 8.10. The van der Waals surface area contributed by atoms with Crippen LogP contribution in [0.2, 0.25) is 0 Å². The number of nitrogen functional groups attached to an aromatic ring is 1. The van der Waals surface area contributed by atoms with E-state index in [0.29, 0.717) is 23.0 Å². The summed E-state index contributed by atoms with van der Waals surface area (Å²) in [5, 5.41) is 8.53. The van der Waals surface area contributed by atoms with Crippen molar-refractivity contribution in [3.63, 3.8) is 0 Å². The molecule has 7 heteroatoms. The monoisotopic (exact) mass is 455 g/mol. The summed E-state index contributed by atoms with van der Waals surface area (Å²) in [4.78, 5) is 20.5. The number of amides is 1. The zero-order valence-electron chi connectivity index (χ0n) is 18.1. The van der Waals surface area contributed by atoms with Gasteiger partial charge in [0.25, 0.3) is 5.91 Å². The highest BCUT2D eigenvalue weighted by Gasteiger charge is 2.23. The van der Waals surface area contributed by atoms with E-state index in [0.717, 1.165) is 41.3 Å². The molecule has 0 spiro atoms. The van der Waals surface area contributed by atoms with Crippen molar-refractivity contribution in [2.45, 2.75) is 12.5 Å². The zero-order chi connectivity index (χ0) is 22.6. The summed E-state index contributed by atoms with van der Waals surface area (Å²) in [5.74, 6) is -0.172. The Bertz CT molecular complexity index is 1230. The van der Waals surface area contributed by atoms with Crippen molar-refractivity contribution in [2.24, 2.45) is 0 Å². The predicted molar refractivity (Wildman–Crippen MR) is 137 cm³/mol. The maximum Gasteiger partial charge on any atom is 0.255 e. The third-order valence-electron chi connectivity index (χ3n) is 5.82. The molecule has 1 unspecified atom stereocenters. The van der Waals surface area contributed by atoms with Gasteiger partial charge in [0.15, 0.2) is 0 Å². The molecule has 2 aromatic heterocycles. The number of nitrogens with two attached hydrogens (primary N) is 1. The van der Waals surface area contributed by atoms with Crippen LogP contribution in [0.1, 0.15) is 16.8 Å². The highest BCUT2D eigenvalue weighted by Crippen LogP contribution is 2.30. The summed E-state index contributed by atoms with van der Waals surface area (Å²) in [5.41, 5.74) is 11.1. The normalized spacial score (nSPS) is 15.4. The number of carbonyl (C=O) groups is 1. The van der Waals surface area contributed by atoms with E-state index in [1.54, 1.807) is 17.5 Å². The lowest BCUT2D eigenvalue weighted by Gasteiger charge is -2.20. The third kappa shape index (κ3) is 4.83. The van der Waals surface area contributed by atoms with Gasteiger partial charge in [0.2, 0.25) is 0 Å². The standard InChI is InChI=1S/C26H25N5OS/c27-23-10-7-19(25-4-2-14-33-25)15-24(23)30-26(32)18-5-8-22(9-6-18)31-13-11-21(17-31)29-20-3-1-12-28-16-20/h1-10,12,14-16,21,29H,11,13,17,27H2,(H,30,32). The van der Waals surface area contributed by atoms with Crippen LogP contribution in [0.25, 0.3) is 10.4 Å². The molecular weight excluding hydrogens is 430 g/mol. The van der Waals surface area contributed by atoms with Crippen molar-refractivity contribution < 1.29 is 4.79 Å². The van der Waals surface area contributed by atoms with Gasteiger partial charge in [-0.3, -0.25) is 9.78 Å². The number of nitrogens with one attached hydrogen (secondary N) is 2. The van der Waals surface area contributed by atoms with E-state index in [-0.39, 0.29) is 5.91 Å². The van der Waals surface area contributed by atoms with Gasteiger partial charge in [-0.15, -0.1) is 11.3 Å². The first-order valence-corrected chi connectivity index (χ1v) is 11.8. The van der Waals surface area contributed by atoms with Gasteiger partial charge in [0, 0.05) is 47.7 Å². The van der Waals surface area contributed by atoms with Crippen molar-refractivity contribution in [2.75, 3.05) is 34.4 Å². The Morgan fingerprint density at radius 3 is 2.73 bits per heavy atom. The van der Waals surface area contributed by atoms with Crippen LogP contribution >= 0.6 is 11.3 Å². The Hall–Kier alpha value is -3.84. The molecule has 0 saturated carbocycles. The molecule has 2 aromatic carbocycles. The number of anilines is 4. The van der Waals surface area contributed by atoms with Crippen LogP contribution < -0.4 is 21.3 Å². The Morgan fingerprint density at radius 1 is 1.09 bits per heavy atom. The molecule has 0 bridgehead atoms. The van der Waals surface area contributed by atoms with E-state index in [1.807, 2.05) is 72.2 Å². The fourth-order valence-corrected chi connectivity index (χ4v) is 4.80. The zero-order valence-corrected chi connectivity index (χ0v) is 18.9. The summed E-state index contributed by atoms with van der Waals surface area (Å²) >= 11 is 1.65. The van der Waals surface area contributed by atoms with Crippen LogP contribution in [0.15, 0.2) is 84.5 Å². The van der Waals surface area contributed by atoms with Crippen LogP contribution in [0, 0.1) is 0 Å². The summed E-state index contributed by atoms with van der Waals surface area (Å²) < 4.78 is 0. The molecule has 1 aliphatic heterocycles. The Balaban J connectivity index is 1.23. The van der Waals surface area contributed by atoms with Gasteiger partial charge in [-0.1, -0.05) is 12.1 Å². The lowest BCUT2D eigenvalue weighted by molar-refractivity contribution is 0.102. The molecule has 1 amide bonds. The predicted octanol–water partition coefficient (Wildman–Crippen LogP) is 5.34. The van der Waals surface area contributed by atoms with Crippen LogP contribution in [-0.2, 0) is 0 Å². The van der Waals surface area contributed by atoms with E-state index in [2.05, 4.69) is 26.6 Å². The molecule has 5 rings (SSSR count). The number of carbonyl (C=O) groups excluding carboxylic acids is 1. The summed E-state index contributed by atoms with van der Waals surface area (Å²) in [6.07, 6.45) is 4.68. The topological polar surface area (TPSA) is 83.3 Å². The molecule has 166 valence electrons. The van der Waals surface area contributed by atoms with Crippen molar-refractivity contribution >= 4 is 40.0 Å². The average molecular weight is 456 g/mol. The average Bonchev–Trinajstić information content (AvgIpc) is 3.54. The Kier molecular flexibility index (Phi) is 5.95. The first-order chi connectivity index (χ1) is 16.2. The van der Waals surface area contributed by atoms with Crippen molar-refractivity contribution in [1.29, 1.82) is 0 Å². The Labute approximate surface area is 197 Å². The number of benzene rings is 2. The summed E-state index contributed by atoms with van der Waals surface area (Å²) in [6, 6.07) is 21.9. The highest BCUT2D eigenvalue weighted by atomic mass is 32.1. The van der Waals surface area contributed by atoms with E-state index < -0.39 is 0 Å². The third-order valence-corrected chi connectivity index (χ3v) is 6.74. The maximum absolute atomic E-state index is 12.9. The largest absolute Gasteiger partial charge is 0.397 e. The maximum atomic E-state index is 12.9. The fourth-order valence-electron chi connectivity index (χ4n) is 4.08. The summed E-state index contributed by atoms with van der Waals surface area (Å²) in [6.45, 7) is 1.88. The molecule has 1 atom stereocenters. The molecule has 0 radical (unpaired) electrons. The molecule has 1 aliphatic rings. The second kappa shape index (κ2) is 9.34. The molecule has 1 saturated heterocycles. The molecular formula is C26H25N5OS. The number of hydrogen-bond acceptors (Lipinski definition) is 6. The van der Waals surface area contributed by atoms with Crippen molar-refractivity contribution in [1.82, 2.24) is 4.98 Å². The highest BCUT2D eigenvalue weighted by molar-refractivity contribution is 7.13. The number of rotatable bonds is 6. The van der Waals surface area contributed by atoms with Crippen LogP contribution in [-0.4, -0.2) is 30.0 Å². The van der Waals surface area contributed by atoms with Crippen LogP contribution in [0.4, 0.5) is 22.7 Å². The fraction of sp³-hybridized carbons (Fsp3) is 0.154. The van der Waals surface area contributed by atoms with Crippen molar-refractivity contribution in [3.05, 3.63) is 90.1 Å². The van der Waals surface area contributed by atoms with E-state index >= 15 is 0 Å². The van der Waals surface area contributed by atoms with Crippen LogP contribution in [0.5, 0.6) is 0 Å². The van der Waals surface area contributed by atoms with E-state index in [1.165, 1.54) is 0 Å². The lowest BCUT2D eigenvalue weighted by atomic mass is 10.1. The Morgan fingerprint density at radius 2 is 1.97 bits per heavy atom. The minimum atomic E-state index is -0.172. The van der Waals surface area contributed by atoms with E-state index in [9.17, 15) is 4.79 Å². The van der Waals surface area contributed by atoms with Gasteiger partial charge in [-0.05, 0) is 72.0 Å². The van der Waals surface area contributed by atoms with Crippen LogP contribution in [0.3, 0.4) is 0 Å². The minimum Gasteiger partial charge on any atom is -0.397 e. The number of pyridine rings is 1. The molecule has 4 aromatic rings. The van der Waals surface area contributed by atoms with Gasteiger partial charge in [-0.2, -0.15) is 0 Å². The smallest absolute Gasteiger partial charge is 0.255 e. The second-order valence-corrected chi connectivity index (χ2v) is 9.05. The van der Waals surface area contributed by atoms with Gasteiger partial charge < -0.3 is 21.3 Å².